The molecule has 0 atom stereocenters. The van der Waals surface area contributed by atoms with Gasteiger partial charge in [-0.05, 0) is 55.3 Å². The van der Waals surface area contributed by atoms with E-state index in [0.29, 0.717) is 16.9 Å². The number of rotatable bonds is 2. The summed E-state index contributed by atoms with van der Waals surface area (Å²) in [5.41, 5.74) is 8.96. The first-order valence-corrected chi connectivity index (χ1v) is 5.91. The lowest BCUT2D eigenvalue weighted by Gasteiger charge is -2.09. The number of carbonyl (C=O) groups excluding carboxylic acids is 1. The van der Waals surface area contributed by atoms with Crippen LogP contribution < -0.4 is 11.1 Å². The molecule has 0 radical (unpaired) electrons. The molecule has 0 aliphatic heterocycles. The molecule has 2 aromatic carbocycles. The van der Waals surface area contributed by atoms with Crippen molar-refractivity contribution in [2.75, 3.05) is 11.1 Å². The van der Waals surface area contributed by atoms with Crippen molar-refractivity contribution < 1.29 is 9.18 Å². The van der Waals surface area contributed by atoms with Crippen LogP contribution in [0.15, 0.2) is 36.4 Å². The molecule has 1 amide bonds. The van der Waals surface area contributed by atoms with Crippen molar-refractivity contribution in [2.24, 2.45) is 0 Å². The summed E-state index contributed by atoms with van der Waals surface area (Å²) in [5, 5.41) is 2.73. The molecule has 0 bridgehead atoms. The lowest BCUT2D eigenvalue weighted by molar-refractivity contribution is 0.102. The van der Waals surface area contributed by atoms with Gasteiger partial charge in [0.2, 0.25) is 0 Å². The van der Waals surface area contributed by atoms with Crippen molar-refractivity contribution in [2.45, 2.75) is 13.8 Å². The zero-order chi connectivity index (χ0) is 14.0. The maximum absolute atomic E-state index is 13.2. The van der Waals surface area contributed by atoms with Gasteiger partial charge in [-0.25, -0.2) is 4.39 Å². The molecule has 0 spiro atoms. The fourth-order valence-electron chi connectivity index (χ4n) is 1.79. The third-order valence-corrected chi connectivity index (χ3v) is 2.97. The Labute approximate surface area is 111 Å². The number of amides is 1. The lowest BCUT2D eigenvalue weighted by Crippen LogP contribution is -2.13. The van der Waals surface area contributed by atoms with Crippen LogP contribution in [-0.2, 0) is 0 Å². The molecule has 4 heteroatoms. The molecular formula is C15H15FN2O. The van der Waals surface area contributed by atoms with E-state index in [9.17, 15) is 9.18 Å². The second-order valence-electron chi connectivity index (χ2n) is 4.48. The minimum absolute atomic E-state index is 0.328. The average Bonchev–Trinajstić information content (AvgIpc) is 2.36. The first kappa shape index (κ1) is 13.1. The van der Waals surface area contributed by atoms with Gasteiger partial charge in [0.05, 0.1) is 0 Å². The van der Waals surface area contributed by atoms with Crippen molar-refractivity contribution >= 4 is 17.3 Å². The molecular weight excluding hydrogens is 243 g/mol. The number of hydrogen-bond acceptors (Lipinski definition) is 2. The third kappa shape index (κ3) is 2.91. The van der Waals surface area contributed by atoms with E-state index in [2.05, 4.69) is 5.32 Å². The molecule has 0 saturated heterocycles. The molecule has 0 unspecified atom stereocenters. The number of hydrogen-bond donors (Lipinski definition) is 2. The van der Waals surface area contributed by atoms with Crippen LogP contribution >= 0.6 is 0 Å². The first-order chi connectivity index (χ1) is 8.97. The summed E-state index contributed by atoms with van der Waals surface area (Å²) in [5.74, 6) is -0.759. The highest BCUT2D eigenvalue weighted by molar-refractivity contribution is 6.05. The van der Waals surface area contributed by atoms with Crippen LogP contribution in [0.5, 0.6) is 0 Å². The Kier molecular flexibility index (Phi) is 3.51. The minimum Gasteiger partial charge on any atom is -0.399 e. The number of carbonyl (C=O) groups is 1. The molecule has 0 aromatic heterocycles. The maximum atomic E-state index is 13.2. The Morgan fingerprint density at radius 3 is 2.53 bits per heavy atom. The maximum Gasteiger partial charge on any atom is 0.256 e. The number of nitrogens with one attached hydrogen (secondary N) is 1. The van der Waals surface area contributed by atoms with Crippen LogP contribution in [0.3, 0.4) is 0 Å². The molecule has 3 nitrogen and oxygen atoms in total. The van der Waals surface area contributed by atoms with Crippen LogP contribution in [0, 0.1) is 19.7 Å². The molecule has 0 heterocycles. The van der Waals surface area contributed by atoms with Gasteiger partial charge in [0.25, 0.3) is 5.91 Å². The third-order valence-electron chi connectivity index (χ3n) is 2.97. The van der Waals surface area contributed by atoms with Gasteiger partial charge in [-0.15, -0.1) is 0 Å². The second-order valence-corrected chi connectivity index (χ2v) is 4.48. The Bertz CT molecular complexity index is 638. The van der Waals surface area contributed by atoms with Crippen molar-refractivity contribution in [1.82, 2.24) is 0 Å². The number of aryl methyl sites for hydroxylation is 2. The van der Waals surface area contributed by atoms with Crippen LogP contribution in [-0.4, -0.2) is 5.91 Å². The number of benzene rings is 2. The second kappa shape index (κ2) is 5.10. The first-order valence-electron chi connectivity index (χ1n) is 5.91. The smallest absolute Gasteiger partial charge is 0.256 e. The normalized spacial score (nSPS) is 10.3. The molecule has 0 fully saturated rings. The van der Waals surface area contributed by atoms with Crippen molar-refractivity contribution in [1.29, 1.82) is 0 Å². The number of nitrogen functional groups attached to an aromatic ring is 1. The Balaban J connectivity index is 2.25. The van der Waals surface area contributed by atoms with Gasteiger partial charge in [-0.2, -0.15) is 0 Å². The minimum atomic E-state index is -0.427. The Morgan fingerprint density at radius 1 is 1.11 bits per heavy atom. The molecule has 3 N–H and O–H groups in total. The highest BCUT2D eigenvalue weighted by Crippen LogP contribution is 2.18. The molecule has 19 heavy (non-hydrogen) atoms. The largest absolute Gasteiger partial charge is 0.399 e. The van der Waals surface area contributed by atoms with Gasteiger partial charge >= 0.3 is 0 Å². The zero-order valence-corrected chi connectivity index (χ0v) is 10.8. The summed E-state index contributed by atoms with van der Waals surface area (Å²) >= 11 is 0. The number of halogens is 1. The quantitative estimate of drug-likeness (QED) is 0.812. The topological polar surface area (TPSA) is 55.1 Å². The summed E-state index contributed by atoms with van der Waals surface area (Å²) in [6.45, 7) is 3.63. The molecule has 0 saturated carbocycles. The van der Waals surface area contributed by atoms with E-state index >= 15 is 0 Å². The van der Waals surface area contributed by atoms with E-state index in [1.807, 2.05) is 6.92 Å². The molecule has 2 rings (SSSR count). The number of anilines is 2. The van der Waals surface area contributed by atoms with Gasteiger partial charge in [0, 0.05) is 16.9 Å². The zero-order valence-electron chi connectivity index (χ0n) is 10.8. The summed E-state index contributed by atoms with van der Waals surface area (Å²) in [7, 11) is 0. The fraction of sp³-hybridized carbons (Fsp3) is 0.133. The SMILES string of the molecule is Cc1cc(NC(=O)c2cc(F)ccc2C)ccc1N. The molecule has 0 aliphatic rings. The van der Waals surface area contributed by atoms with Gasteiger partial charge in [0.15, 0.2) is 0 Å². The predicted molar refractivity (Wildman–Crippen MR) is 74.7 cm³/mol. The van der Waals surface area contributed by atoms with E-state index in [-0.39, 0.29) is 5.91 Å². The highest BCUT2D eigenvalue weighted by atomic mass is 19.1. The van der Waals surface area contributed by atoms with E-state index in [1.54, 1.807) is 31.2 Å². The fourth-order valence-corrected chi connectivity index (χ4v) is 1.79. The molecule has 98 valence electrons. The summed E-state index contributed by atoms with van der Waals surface area (Å²) in [6.07, 6.45) is 0. The van der Waals surface area contributed by atoms with E-state index in [0.717, 1.165) is 11.1 Å². The molecule has 2 aromatic rings. The lowest BCUT2D eigenvalue weighted by atomic mass is 10.1. The van der Waals surface area contributed by atoms with Crippen LogP contribution in [0.4, 0.5) is 15.8 Å². The van der Waals surface area contributed by atoms with E-state index in [4.69, 9.17) is 5.73 Å². The summed E-state index contributed by atoms with van der Waals surface area (Å²) < 4.78 is 13.2. The Morgan fingerprint density at radius 2 is 1.84 bits per heavy atom. The van der Waals surface area contributed by atoms with Crippen LogP contribution in [0.2, 0.25) is 0 Å². The Hall–Kier alpha value is -2.36. The van der Waals surface area contributed by atoms with E-state index in [1.165, 1.54) is 12.1 Å². The highest BCUT2D eigenvalue weighted by Gasteiger charge is 2.10. The number of nitrogens with two attached hydrogens (primary N) is 1. The van der Waals surface area contributed by atoms with Crippen molar-refractivity contribution in [3.63, 3.8) is 0 Å². The van der Waals surface area contributed by atoms with Crippen molar-refractivity contribution in [3.05, 3.63) is 58.9 Å². The van der Waals surface area contributed by atoms with Gasteiger partial charge in [-0.3, -0.25) is 4.79 Å². The van der Waals surface area contributed by atoms with E-state index < -0.39 is 5.82 Å². The van der Waals surface area contributed by atoms with Gasteiger partial charge in [-0.1, -0.05) is 6.07 Å². The monoisotopic (exact) mass is 258 g/mol. The predicted octanol–water partition coefficient (Wildman–Crippen LogP) is 3.28. The average molecular weight is 258 g/mol. The van der Waals surface area contributed by atoms with Gasteiger partial charge in [0.1, 0.15) is 5.82 Å². The van der Waals surface area contributed by atoms with Crippen LogP contribution in [0.1, 0.15) is 21.5 Å². The van der Waals surface area contributed by atoms with Gasteiger partial charge < -0.3 is 11.1 Å². The standard InChI is InChI=1S/C15H15FN2O/c1-9-3-4-11(16)8-13(9)15(19)18-12-5-6-14(17)10(2)7-12/h3-8H,17H2,1-2H3,(H,18,19). The summed E-state index contributed by atoms with van der Waals surface area (Å²) in [4.78, 5) is 12.1. The van der Waals surface area contributed by atoms with Crippen molar-refractivity contribution in [3.8, 4) is 0 Å². The summed E-state index contributed by atoms with van der Waals surface area (Å²) in [6, 6.07) is 9.37. The van der Waals surface area contributed by atoms with Crippen LogP contribution in [0.25, 0.3) is 0 Å². The molecule has 0 aliphatic carbocycles.